The zero-order valence-corrected chi connectivity index (χ0v) is 13.6. The van der Waals surface area contributed by atoms with Gasteiger partial charge in [0.1, 0.15) is 5.76 Å². The zero-order chi connectivity index (χ0) is 15.9. The molecule has 1 aromatic heterocycles. The average molecular weight is 321 g/mol. The number of carbonyl (C=O) groups is 1. The smallest absolute Gasteiger partial charge is 0.220 e. The summed E-state index contributed by atoms with van der Waals surface area (Å²) in [5.74, 6) is 0.856. The molecule has 0 saturated carbocycles. The molecule has 1 amide bonds. The van der Waals surface area contributed by atoms with Crippen LogP contribution in [0.5, 0.6) is 0 Å². The molecule has 4 nitrogen and oxygen atoms in total. The normalized spacial score (nSPS) is 12.4. The van der Waals surface area contributed by atoms with Crippen LogP contribution < -0.4 is 5.32 Å². The molecule has 0 aliphatic carbocycles. The molecule has 1 unspecified atom stereocenters. The third-order valence-corrected chi connectivity index (χ3v) is 3.94. The number of hydrogen-bond acceptors (Lipinski definition) is 3. The van der Waals surface area contributed by atoms with E-state index in [1.54, 1.807) is 6.26 Å². The van der Waals surface area contributed by atoms with Gasteiger partial charge in [0.25, 0.3) is 0 Å². The molecule has 1 N–H and O–H groups in total. The number of amides is 1. The van der Waals surface area contributed by atoms with Crippen molar-refractivity contribution in [2.45, 2.75) is 18.9 Å². The van der Waals surface area contributed by atoms with Gasteiger partial charge in [0.2, 0.25) is 5.91 Å². The number of aryl methyl sites for hydroxylation is 1. The summed E-state index contributed by atoms with van der Waals surface area (Å²) in [6.45, 7) is 0.516. The van der Waals surface area contributed by atoms with Crippen molar-refractivity contribution >= 4 is 17.5 Å². The molecule has 0 fully saturated rings. The molecule has 118 valence electrons. The van der Waals surface area contributed by atoms with Crippen molar-refractivity contribution < 1.29 is 9.21 Å². The average Bonchev–Trinajstić information content (AvgIpc) is 3.00. The standard InChI is InChI=1S/C17H21ClN2O2/c1-20(2)15(16-8-5-11-22-16)12-19-17(21)10-9-13-6-3-4-7-14(13)18/h3-8,11,15H,9-10,12H2,1-2H3,(H,19,21). The Morgan fingerprint density at radius 3 is 2.68 bits per heavy atom. The summed E-state index contributed by atoms with van der Waals surface area (Å²) in [7, 11) is 3.92. The molecular weight excluding hydrogens is 300 g/mol. The Hall–Kier alpha value is -1.78. The molecule has 0 aliphatic rings. The van der Waals surface area contributed by atoms with Gasteiger partial charge in [0, 0.05) is 18.0 Å². The minimum Gasteiger partial charge on any atom is -0.468 e. The van der Waals surface area contributed by atoms with Gasteiger partial charge in [0.05, 0.1) is 12.3 Å². The van der Waals surface area contributed by atoms with Crippen LogP contribution in [0.15, 0.2) is 47.1 Å². The topological polar surface area (TPSA) is 45.5 Å². The highest BCUT2D eigenvalue weighted by atomic mass is 35.5. The zero-order valence-electron chi connectivity index (χ0n) is 12.9. The number of nitrogens with one attached hydrogen (secondary N) is 1. The van der Waals surface area contributed by atoms with Gasteiger partial charge in [-0.3, -0.25) is 9.69 Å². The molecule has 0 saturated heterocycles. The first kappa shape index (κ1) is 16.6. The number of likely N-dealkylation sites (N-methyl/N-ethyl adjacent to an activating group) is 1. The van der Waals surface area contributed by atoms with E-state index in [0.717, 1.165) is 11.3 Å². The van der Waals surface area contributed by atoms with Crippen molar-refractivity contribution in [3.8, 4) is 0 Å². The number of furan rings is 1. The third-order valence-electron chi connectivity index (χ3n) is 3.57. The van der Waals surface area contributed by atoms with Gasteiger partial charge < -0.3 is 9.73 Å². The first-order valence-corrected chi connectivity index (χ1v) is 7.65. The molecule has 2 rings (SSSR count). The predicted molar refractivity (Wildman–Crippen MR) is 87.9 cm³/mol. The first-order chi connectivity index (χ1) is 10.6. The van der Waals surface area contributed by atoms with Gasteiger partial charge in [-0.15, -0.1) is 0 Å². The first-order valence-electron chi connectivity index (χ1n) is 7.28. The highest BCUT2D eigenvalue weighted by Gasteiger charge is 2.17. The van der Waals surface area contributed by atoms with Crippen LogP contribution in [0.1, 0.15) is 23.8 Å². The molecule has 0 aliphatic heterocycles. The molecule has 5 heteroatoms. The van der Waals surface area contributed by atoms with Crippen molar-refractivity contribution in [1.82, 2.24) is 10.2 Å². The van der Waals surface area contributed by atoms with Crippen LogP contribution in [0.25, 0.3) is 0 Å². The fraction of sp³-hybridized carbons (Fsp3) is 0.353. The van der Waals surface area contributed by atoms with E-state index in [1.807, 2.05) is 55.4 Å². The third kappa shape index (κ3) is 4.61. The van der Waals surface area contributed by atoms with Crippen molar-refractivity contribution in [3.63, 3.8) is 0 Å². The van der Waals surface area contributed by atoms with Gasteiger partial charge in [-0.1, -0.05) is 29.8 Å². The second kappa shape index (κ2) is 8.01. The fourth-order valence-corrected chi connectivity index (χ4v) is 2.50. The second-order valence-electron chi connectivity index (χ2n) is 5.39. The Kier molecular flexibility index (Phi) is 6.04. The number of halogens is 1. The number of carbonyl (C=O) groups excluding carboxylic acids is 1. The van der Waals surface area contributed by atoms with Crippen LogP contribution in [0.4, 0.5) is 0 Å². The summed E-state index contributed by atoms with van der Waals surface area (Å²) in [4.78, 5) is 14.0. The maximum absolute atomic E-state index is 12.0. The van der Waals surface area contributed by atoms with Gasteiger partial charge in [-0.25, -0.2) is 0 Å². The fourth-order valence-electron chi connectivity index (χ4n) is 2.27. The summed E-state index contributed by atoms with van der Waals surface area (Å²) in [6, 6.07) is 11.4. The maximum Gasteiger partial charge on any atom is 0.220 e. The predicted octanol–water partition coefficient (Wildman–Crippen LogP) is 3.28. The quantitative estimate of drug-likeness (QED) is 0.851. The molecule has 22 heavy (non-hydrogen) atoms. The lowest BCUT2D eigenvalue weighted by molar-refractivity contribution is -0.121. The summed E-state index contributed by atoms with van der Waals surface area (Å²) in [6.07, 6.45) is 2.70. The van der Waals surface area contributed by atoms with Crippen LogP contribution in [0.2, 0.25) is 5.02 Å². The molecule has 2 aromatic rings. The Bertz CT molecular complexity index is 596. The lowest BCUT2D eigenvalue weighted by atomic mass is 10.1. The van der Waals surface area contributed by atoms with Crippen LogP contribution in [-0.4, -0.2) is 31.4 Å². The van der Waals surface area contributed by atoms with E-state index in [4.69, 9.17) is 16.0 Å². The van der Waals surface area contributed by atoms with Gasteiger partial charge in [-0.2, -0.15) is 0 Å². The van der Waals surface area contributed by atoms with Gasteiger partial charge in [0.15, 0.2) is 0 Å². The van der Waals surface area contributed by atoms with Crippen molar-refractivity contribution in [2.24, 2.45) is 0 Å². The molecule has 0 spiro atoms. The van der Waals surface area contributed by atoms with Gasteiger partial charge >= 0.3 is 0 Å². The van der Waals surface area contributed by atoms with Crippen LogP contribution in [0, 0.1) is 0 Å². The highest BCUT2D eigenvalue weighted by molar-refractivity contribution is 6.31. The number of hydrogen-bond donors (Lipinski definition) is 1. The van der Waals surface area contributed by atoms with E-state index < -0.39 is 0 Å². The summed E-state index contributed by atoms with van der Waals surface area (Å²) in [5.41, 5.74) is 0.995. The number of benzene rings is 1. The molecule has 1 heterocycles. The molecular formula is C17H21ClN2O2. The minimum absolute atomic E-state index is 0.0123. The Morgan fingerprint density at radius 1 is 1.27 bits per heavy atom. The SMILES string of the molecule is CN(C)C(CNC(=O)CCc1ccccc1Cl)c1ccco1. The van der Waals surface area contributed by atoms with E-state index in [0.29, 0.717) is 24.4 Å². The molecule has 1 aromatic carbocycles. The largest absolute Gasteiger partial charge is 0.468 e. The number of rotatable bonds is 7. The molecule has 1 atom stereocenters. The van der Waals surface area contributed by atoms with E-state index in [1.165, 1.54) is 0 Å². The summed E-state index contributed by atoms with van der Waals surface area (Å²) in [5, 5.41) is 3.66. The lowest BCUT2D eigenvalue weighted by Crippen LogP contribution is -2.34. The Morgan fingerprint density at radius 2 is 2.05 bits per heavy atom. The summed E-state index contributed by atoms with van der Waals surface area (Å²) >= 11 is 6.09. The summed E-state index contributed by atoms with van der Waals surface area (Å²) < 4.78 is 5.42. The lowest BCUT2D eigenvalue weighted by Gasteiger charge is -2.22. The minimum atomic E-state index is 0.0123. The van der Waals surface area contributed by atoms with E-state index in [-0.39, 0.29) is 11.9 Å². The van der Waals surface area contributed by atoms with Crippen molar-refractivity contribution in [2.75, 3.05) is 20.6 Å². The Balaban J connectivity index is 1.83. The molecule has 0 bridgehead atoms. The van der Waals surface area contributed by atoms with Crippen LogP contribution in [0.3, 0.4) is 0 Å². The van der Waals surface area contributed by atoms with E-state index in [2.05, 4.69) is 5.32 Å². The van der Waals surface area contributed by atoms with E-state index in [9.17, 15) is 4.79 Å². The number of nitrogens with zero attached hydrogens (tertiary/aromatic N) is 1. The van der Waals surface area contributed by atoms with Gasteiger partial charge in [-0.05, 0) is 44.3 Å². The van der Waals surface area contributed by atoms with E-state index >= 15 is 0 Å². The maximum atomic E-state index is 12.0. The second-order valence-corrected chi connectivity index (χ2v) is 5.80. The van der Waals surface area contributed by atoms with Crippen molar-refractivity contribution in [3.05, 3.63) is 59.0 Å². The Labute approximate surface area is 136 Å². The van der Waals surface area contributed by atoms with Crippen molar-refractivity contribution in [1.29, 1.82) is 0 Å². The van der Waals surface area contributed by atoms with Crippen LogP contribution in [-0.2, 0) is 11.2 Å². The van der Waals surface area contributed by atoms with Crippen LogP contribution >= 0.6 is 11.6 Å². The molecule has 0 radical (unpaired) electrons. The monoisotopic (exact) mass is 320 g/mol. The highest BCUT2D eigenvalue weighted by Crippen LogP contribution is 2.18.